The number of rotatable bonds is 3. The van der Waals surface area contributed by atoms with Gasteiger partial charge in [0.05, 0.1) is 6.61 Å². The molecular weight excluding hydrogens is 322 g/mol. The molecule has 2 rings (SSSR count). The van der Waals surface area contributed by atoms with Crippen LogP contribution in [-0.2, 0) is 4.74 Å². The summed E-state index contributed by atoms with van der Waals surface area (Å²) >= 11 is 3.52. The quantitative estimate of drug-likeness (QED) is 0.874. The van der Waals surface area contributed by atoms with Crippen molar-refractivity contribution in [1.82, 2.24) is 9.55 Å². The molecule has 2 N–H and O–H groups in total. The number of hydrogen-bond acceptors (Lipinski definition) is 4. The molecule has 6 heteroatoms. The monoisotopic (exact) mass is 337 g/mol. The maximum Gasteiger partial charge on any atom is 0.360 e. The second kappa shape index (κ2) is 5.66. The third-order valence-corrected chi connectivity index (χ3v) is 4.22. The first-order valence-electron chi connectivity index (χ1n) is 6.22. The zero-order chi connectivity index (χ0) is 14.9. The van der Waals surface area contributed by atoms with Gasteiger partial charge in [-0.25, -0.2) is 9.78 Å². The number of anilines is 1. The predicted octanol–water partition coefficient (Wildman–Crippen LogP) is 3.01. The third-order valence-electron chi connectivity index (χ3n) is 2.97. The number of hydrogen-bond donors (Lipinski definition) is 1. The summed E-state index contributed by atoms with van der Waals surface area (Å²) in [4.78, 5) is 15.8. The number of nitrogen functional groups attached to an aromatic ring is 1. The Bertz CT molecular complexity index is 641. The Morgan fingerprint density at radius 3 is 2.55 bits per heavy atom. The van der Waals surface area contributed by atoms with E-state index in [9.17, 15) is 4.79 Å². The summed E-state index contributed by atoms with van der Waals surface area (Å²) in [6.45, 7) is 6.04. The molecule has 1 heterocycles. The number of nitrogens with zero attached hydrogens (tertiary/aromatic N) is 2. The molecule has 2 aromatic rings. The van der Waals surface area contributed by atoms with Crippen LogP contribution in [0.15, 0.2) is 22.9 Å². The van der Waals surface area contributed by atoms with Crippen LogP contribution in [0.2, 0.25) is 0 Å². The van der Waals surface area contributed by atoms with Gasteiger partial charge in [-0.05, 0) is 44.0 Å². The lowest BCUT2D eigenvalue weighted by Crippen LogP contribution is -2.09. The summed E-state index contributed by atoms with van der Waals surface area (Å²) in [5.41, 5.74) is 9.18. The fourth-order valence-electron chi connectivity index (χ4n) is 1.98. The largest absolute Gasteiger partial charge is 0.461 e. The van der Waals surface area contributed by atoms with Gasteiger partial charge in [0.15, 0.2) is 5.69 Å². The minimum Gasteiger partial charge on any atom is -0.461 e. The summed E-state index contributed by atoms with van der Waals surface area (Å²) in [7, 11) is 0. The van der Waals surface area contributed by atoms with Crippen molar-refractivity contribution < 1.29 is 9.53 Å². The Morgan fingerprint density at radius 1 is 1.40 bits per heavy atom. The van der Waals surface area contributed by atoms with E-state index in [0.717, 1.165) is 21.3 Å². The zero-order valence-electron chi connectivity index (χ0n) is 11.6. The van der Waals surface area contributed by atoms with Gasteiger partial charge >= 0.3 is 5.97 Å². The van der Waals surface area contributed by atoms with Gasteiger partial charge in [-0.15, -0.1) is 0 Å². The molecule has 20 heavy (non-hydrogen) atoms. The molecule has 0 amide bonds. The number of halogens is 1. The molecule has 0 aliphatic heterocycles. The second-order valence-corrected chi connectivity index (χ2v) is 5.26. The average molecular weight is 338 g/mol. The van der Waals surface area contributed by atoms with Crippen LogP contribution in [0.4, 0.5) is 5.82 Å². The van der Waals surface area contributed by atoms with Gasteiger partial charge in [-0.2, -0.15) is 0 Å². The van der Waals surface area contributed by atoms with Gasteiger partial charge in [0.2, 0.25) is 0 Å². The SMILES string of the molecule is CCOC(=O)c1ncn(-c2cc(C)c(Br)c(C)c2)c1N. The predicted molar refractivity (Wildman–Crippen MR) is 81.1 cm³/mol. The minimum atomic E-state index is -0.505. The van der Waals surface area contributed by atoms with Crippen molar-refractivity contribution >= 4 is 27.7 Å². The van der Waals surface area contributed by atoms with Gasteiger partial charge in [0, 0.05) is 10.2 Å². The van der Waals surface area contributed by atoms with E-state index in [0.29, 0.717) is 6.61 Å². The standard InChI is InChI=1S/C14H16BrN3O2/c1-4-20-14(19)12-13(16)18(7-17-12)10-5-8(2)11(15)9(3)6-10/h5-7H,4,16H2,1-3H3. The van der Waals surface area contributed by atoms with Gasteiger partial charge in [-0.1, -0.05) is 15.9 Å². The molecule has 0 aliphatic carbocycles. The summed E-state index contributed by atoms with van der Waals surface area (Å²) in [6.07, 6.45) is 1.53. The maximum atomic E-state index is 11.7. The number of ether oxygens (including phenoxy) is 1. The molecule has 0 spiro atoms. The molecule has 0 fully saturated rings. The van der Waals surface area contributed by atoms with E-state index in [1.165, 1.54) is 6.33 Å². The maximum absolute atomic E-state index is 11.7. The fourth-order valence-corrected chi connectivity index (χ4v) is 2.21. The molecule has 0 atom stereocenters. The number of aromatic nitrogens is 2. The molecular formula is C14H16BrN3O2. The Labute approximate surface area is 125 Å². The lowest BCUT2D eigenvalue weighted by Gasteiger charge is -2.10. The van der Waals surface area contributed by atoms with Crippen LogP contribution in [0.1, 0.15) is 28.5 Å². The molecule has 0 saturated heterocycles. The molecule has 0 bridgehead atoms. The molecule has 0 saturated carbocycles. The van der Waals surface area contributed by atoms with E-state index < -0.39 is 5.97 Å². The molecule has 0 unspecified atom stereocenters. The highest BCUT2D eigenvalue weighted by Gasteiger charge is 2.18. The zero-order valence-corrected chi connectivity index (χ0v) is 13.2. The third kappa shape index (κ3) is 2.56. The molecule has 1 aromatic carbocycles. The smallest absolute Gasteiger partial charge is 0.360 e. The Morgan fingerprint density at radius 2 is 2.00 bits per heavy atom. The van der Waals surface area contributed by atoms with Crippen molar-refractivity contribution in [3.63, 3.8) is 0 Å². The lowest BCUT2D eigenvalue weighted by atomic mass is 10.1. The number of imidazole rings is 1. The molecule has 1 aromatic heterocycles. The minimum absolute atomic E-state index is 0.144. The number of esters is 1. The highest BCUT2D eigenvalue weighted by molar-refractivity contribution is 9.10. The van der Waals surface area contributed by atoms with E-state index >= 15 is 0 Å². The van der Waals surface area contributed by atoms with Gasteiger partial charge in [0.1, 0.15) is 12.1 Å². The Kier molecular flexibility index (Phi) is 4.13. The first-order chi connectivity index (χ1) is 9.45. The fraction of sp³-hybridized carbons (Fsp3) is 0.286. The van der Waals surface area contributed by atoms with E-state index in [-0.39, 0.29) is 11.5 Å². The second-order valence-electron chi connectivity index (χ2n) is 4.46. The summed E-state index contributed by atoms with van der Waals surface area (Å²) < 4.78 is 7.66. The molecule has 5 nitrogen and oxygen atoms in total. The van der Waals surface area contributed by atoms with Crippen LogP contribution in [0.25, 0.3) is 5.69 Å². The van der Waals surface area contributed by atoms with E-state index in [1.807, 2.05) is 26.0 Å². The Balaban J connectivity index is 2.47. The van der Waals surface area contributed by atoms with Crippen LogP contribution < -0.4 is 5.73 Å². The van der Waals surface area contributed by atoms with E-state index in [4.69, 9.17) is 10.5 Å². The van der Waals surface area contributed by atoms with Crippen LogP contribution >= 0.6 is 15.9 Å². The summed E-state index contributed by atoms with van der Waals surface area (Å²) in [5, 5.41) is 0. The van der Waals surface area contributed by atoms with Crippen LogP contribution in [0.3, 0.4) is 0 Å². The van der Waals surface area contributed by atoms with E-state index in [1.54, 1.807) is 11.5 Å². The highest BCUT2D eigenvalue weighted by Crippen LogP contribution is 2.26. The summed E-state index contributed by atoms with van der Waals surface area (Å²) in [6, 6.07) is 3.95. The first kappa shape index (κ1) is 14.6. The van der Waals surface area contributed by atoms with Crippen molar-refractivity contribution in [2.24, 2.45) is 0 Å². The van der Waals surface area contributed by atoms with Crippen LogP contribution in [0.5, 0.6) is 0 Å². The topological polar surface area (TPSA) is 70.1 Å². The van der Waals surface area contributed by atoms with Gasteiger partial charge < -0.3 is 10.5 Å². The van der Waals surface area contributed by atoms with Crippen molar-refractivity contribution in [2.45, 2.75) is 20.8 Å². The number of aryl methyl sites for hydroxylation is 2. The number of nitrogens with two attached hydrogens (primary N) is 1. The van der Waals surface area contributed by atoms with Gasteiger partial charge in [0.25, 0.3) is 0 Å². The van der Waals surface area contributed by atoms with Gasteiger partial charge in [-0.3, -0.25) is 4.57 Å². The van der Waals surface area contributed by atoms with Crippen molar-refractivity contribution in [3.05, 3.63) is 39.8 Å². The average Bonchev–Trinajstić information content (AvgIpc) is 2.77. The highest BCUT2D eigenvalue weighted by atomic mass is 79.9. The van der Waals surface area contributed by atoms with Crippen molar-refractivity contribution in [2.75, 3.05) is 12.3 Å². The van der Waals surface area contributed by atoms with E-state index in [2.05, 4.69) is 20.9 Å². The number of carbonyl (C=O) groups is 1. The number of benzene rings is 1. The van der Waals surface area contributed by atoms with Crippen molar-refractivity contribution in [1.29, 1.82) is 0 Å². The normalized spacial score (nSPS) is 10.6. The first-order valence-corrected chi connectivity index (χ1v) is 7.02. The lowest BCUT2D eigenvalue weighted by molar-refractivity contribution is 0.0521. The number of carbonyl (C=O) groups excluding carboxylic acids is 1. The Hall–Kier alpha value is -1.82. The van der Waals surface area contributed by atoms with Crippen molar-refractivity contribution in [3.8, 4) is 5.69 Å². The van der Waals surface area contributed by atoms with Crippen LogP contribution in [-0.4, -0.2) is 22.1 Å². The molecule has 106 valence electrons. The molecule has 0 radical (unpaired) electrons. The molecule has 0 aliphatic rings. The summed E-state index contributed by atoms with van der Waals surface area (Å²) in [5.74, 6) is -0.223. The van der Waals surface area contributed by atoms with Crippen LogP contribution in [0, 0.1) is 13.8 Å².